The first-order valence-electron chi connectivity index (χ1n) is 11.6. The molecule has 4 aromatic rings. The van der Waals surface area contributed by atoms with Gasteiger partial charge < -0.3 is 15.0 Å². The maximum absolute atomic E-state index is 12.4. The summed E-state index contributed by atoms with van der Waals surface area (Å²) in [6, 6.07) is 11.5. The number of hydrogen-bond acceptors (Lipinski definition) is 8. The van der Waals surface area contributed by atoms with Crippen molar-refractivity contribution in [2.75, 3.05) is 57.6 Å². The summed E-state index contributed by atoms with van der Waals surface area (Å²) >= 11 is 6.44. The molecule has 0 unspecified atom stereocenters. The van der Waals surface area contributed by atoms with Crippen molar-refractivity contribution in [3.8, 4) is 17.1 Å². The van der Waals surface area contributed by atoms with Gasteiger partial charge in [-0.05, 0) is 24.3 Å². The van der Waals surface area contributed by atoms with Crippen LogP contribution in [0.25, 0.3) is 17.0 Å². The van der Waals surface area contributed by atoms with Crippen LogP contribution in [-0.4, -0.2) is 83.8 Å². The first-order valence-corrected chi connectivity index (χ1v) is 13.4. The molecule has 1 aliphatic rings. The molecule has 194 valence electrons. The topological polar surface area (TPSA) is 108 Å². The van der Waals surface area contributed by atoms with E-state index in [9.17, 15) is 8.42 Å². The van der Waals surface area contributed by atoms with E-state index < -0.39 is 10.2 Å². The van der Waals surface area contributed by atoms with Crippen LogP contribution >= 0.6 is 11.6 Å². The lowest BCUT2D eigenvalue weighted by atomic mass is 10.2. The first kappa shape index (κ1) is 25.2. The highest BCUT2D eigenvalue weighted by molar-refractivity contribution is 7.86. The maximum atomic E-state index is 12.4. The van der Waals surface area contributed by atoms with Gasteiger partial charge in [-0.3, -0.25) is 4.40 Å². The van der Waals surface area contributed by atoms with Crippen molar-refractivity contribution in [2.24, 2.45) is 0 Å². The SMILES string of the molecule is COc1cc(N2CCN(S(=O)(=O)N(C)C)CC2)ccc1Nc1ncc(Cl)c(-c2cnc3ccccn23)n1. The number of anilines is 3. The van der Waals surface area contributed by atoms with Crippen molar-refractivity contribution >= 4 is 44.8 Å². The molecule has 1 N–H and O–H groups in total. The number of nitrogens with one attached hydrogen (secondary N) is 1. The first-order chi connectivity index (χ1) is 17.8. The zero-order chi connectivity index (χ0) is 26.2. The van der Waals surface area contributed by atoms with Crippen molar-refractivity contribution in [1.29, 1.82) is 0 Å². The van der Waals surface area contributed by atoms with E-state index in [1.54, 1.807) is 33.6 Å². The zero-order valence-corrected chi connectivity index (χ0v) is 22.2. The van der Waals surface area contributed by atoms with Crippen LogP contribution in [0.4, 0.5) is 17.3 Å². The van der Waals surface area contributed by atoms with Crippen LogP contribution in [0.15, 0.2) is 55.0 Å². The number of fused-ring (bicyclic) bond motifs is 1. The molecule has 0 spiro atoms. The van der Waals surface area contributed by atoms with Crippen LogP contribution in [-0.2, 0) is 10.2 Å². The van der Waals surface area contributed by atoms with Crippen LogP contribution in [0.1, 0.15) is 0 Å². The molecule has 0 saturated carbocycles. The van der Waals surface area contributed by atoms with Gasteiger partial charge >= 0.3 is 0 Å². The summed E-state index contributed by atoms with van der Waals surface area (Å²) < 4.78 is 35.1. The average molecular weight is 543 g/mol. The molecule has 5 rings (SSSR count). The molecule has 37 heavy (non-hydrogen) atoms. The summed E-state index contributed by atoms with van der Waals surface area (Å²) in [4.78, 5) is 15.5. The minimum absolute atomic E-state index is 0.360. The van der Waals surface area contributed by atoms with Gasteiger partial charge in [0.2, 0.25) is 5.95 Å². The number of methoxy groups -OCH3 is 1. The summed E-state index contributed by atoms with van der Waals surface area (Å²) in [5.41, 5.74) is 3.72. The van der Waals surface area contributed by atoms with Gasteiger partial charge in [0, 0.05) is 58.2 Å². The van der Waals surface area contributed by atoms with Gasteiger partial charge in [0.25, 0.3) is 10.2 Å². The van der Waals surface area contributed by atoms with Gasteiger partial charge in [-0.25, -0.2) is 15.0 Å². The minimum atomic E-state index is -3.42. The second-order valence-corrected chi connectivity index (χ2v) is 11.2. The second kappa shape index (κ2) is 10.1. The van der Waals surface area contributed by atoms with Crippen LogP contribution < -0.4 is 15.0 Å². The third-order valence-electron chi connectivity index (χ3n) is 6.23. The Hall–Kier alpha value is -3.45. The lowest BCUT2D eigenvalue weighted by molar-refractivity contribution is 0.355. The van der Waals surface area contributed by atoms with Gasteiger partial charge in [-0.2, -0.15) is 17.0 Å². The van der Waals surface area contributed by atoms with Gasteiger partial charge in [-0.15, -0.1) is 0 Å². The summed E-state index contributed by atoms with van der Waals surface area (Å²) in [5, 5.41) is 3.63. The zero-order valence-electron chi connectivity index (χ0n) is 20.7. The Balaban J connectivity index is 1.36. The highest BCUT2D eigenvalue weighted by Crippen LogP contribution is 2.33. The van der Waals surface area contributed by atoms with E-state index >= 15 is 0 Å². The molecule has 4 heterocycles. The standard InChI is InChI=1S/C24H27ClN8O3S/c1-30(2)37(34,35)32-12-10-31(11-13-32)17-7-8-19(21(14-17)36-3)28-24-27-15-18(25)23(29-24)20-16-26-22-6-4-5-9-33(20)22/h4-9,14-16H,10-13H2,1-3H3,(H,27,28,29). The fourth-order valence-corrected chi connectivity index (χ4v) is 5.50. The molecule has 0 bridgehead atoms. The summed E-state index contributed by atoms with van der Waals surface area (Å²) in [7, 11) is 1.27. The quantitative estimate of drug-likeness (QED) is 0.379. The predicted molar refractivity (Wildman–Crippen MR) is 144 cm³/mol. The van der Waals surface area contributed by atoms with Crippen molar-refractivity contribution in [1.82, 2.24) is 28.0 Å². The number of rotatable bonds is 7. The maximum Gasteiger partial charge on any atom is 0.281 e. The molecular weight excluding hydrogens is 516 g/mol. The Morgan fingerprint density at radius 1 is 1.05 bits per heavy atom. The third kappa shape index (κ3) is 4.92. The average Bonchev–Trinajstić information content (AvgIpc) is 3.34. The molecule has 13 heteroatoms. The van der Waals surface area contributed by atoms with Crippen molar-refractivity contribution in [3.63, 3.8) is 0 Å². The number of ether oxygens (including phenoxy) is 1. The molecule has 11 nitrogen and oxygen atoms in total. The molecule has 1 fully saturated rings. The number of aromatic nitrogens is 4. The van der Waals surface area contributed by atoms with Crippen molar-refractivity contribution in [2.45, 2.75) is 0 Å². The second-order valence-electron chi connectivity index (χ2n) is 8.65. The molecule has 1 aliphatic heterocycles. The Kier molecular flexibility index (Phi) is 6.90. The summed E-state index contributed by atoms with van der Waals surface area (Å²) in [5.74, 6) is 0.967. The van der Waals surface area contributed by atoms with E-state index in [-0.39, 0.29) is 0 Å². The van der Waals surface area contributed by atoms with Gasteiger partial charge in [0.05, 0.1) is 35.9 Å². The van der Waals surface area contributed by atoms with Gasteiger partial charge in [0.15, 0.2) is 0 Å². The van der Waals surface area contributed by atoms with E-state index in [1.807, 2.05) is 47.0 Å². The van der Waals surface area contributed by atoms with Gasteiger partial charge in [-0.1, -0.05) is 17.7 Å². The number of hydrogen-bond donors (Lipinski definition) is 1. The van der Waals surface area contributed by atoms with Crippen molar-refractivity contribution < 1.29 is 13.2 Å². The van der Waals surface area contributed by atoms with Crippen LogP contribution in [0.5, 0.6) is 5.75 Å². The minimum Gasteiger partial charge on any atom is -0.494 e. The predicted octanol–water partition coefficient (Wildman–Crippen LogP) is 3.13. The van der Waals surface area contributed by atoms with Crippen LogP contribution in [0, 0.1) is 0 Å². The number of halogens is 1. The van der Waals surface area contributed by atoms with E-state index in [1.165, 1.54) is 8.61 Å². The van der Waals surface area contributed by atoms with Crippen molar-refractivity contribution in [3.05, 3.63) is 60.0 Å². The molecule has 0 aliphatic carbocycles. The van der Waals surface area contributed by atoms with E-state index in [0.717, 1.165) is 17.0 Å². The smallest absolute Gasteiger partial charge is 0.281 e. The van der Waals surface area contributed by atoms with E-state index in [2.05, 4.69) is 25.2 Å². The molecule has 1 saturated heterocycles. The fraction of sp³-hybridized carbons (Fsp3) is 0.292. The fourth-order valence-electron chi connectivity index (χ4n) is 4.22. The largest absolute Gasteiger partial charge is 0.494 e. The highest BCUT2D eigenvalue weighted by atomic mass is 35.5. The number of imidazole rings is 1. The van der Waals surface area contributed by atoms with Crippen LogP contribution in [0.2, 0.25) is 5.02 Å². The van der Waals surface area contributed by atoms with Gasteiger partial charge in [0.1, 0.15) is 17.1 Å². The Morgan fingerprint density at radius 2 is 1.84 bits per heavy atom. The summed E-state index contributed by atoms with van der Waals surface area (Å²) in [6.45, 7) is 1.97. The lowest BCUT2D eigenvalue weighted by Gasteiger charge is -2.36. The Bertz CT molecular complexity index is 1530. The number of piperazine rings is 1. The molecule has 0 atom stereocenters. The number of benzene rings is 1. The van der Waals surface area contributed by atoms with E-state index in [0.29, 0.717) is 54.3 Å². The molecule has 0 amide bonds. The summed E-state index contributed by atoms with van der Waals surface area (Å²) in [6.07, 6.45) is 5.18. The number of pyridine rings is 1. The lowest BCUT2D eigenvalue weighted by Crippen LogP contribution is -2.51. The Labute approximate surface area is 220 Å². The number of nitrogens with zero attached hydrogens (tertiary/aromatic N) is 7. The molecule has 3 aromatic heterocycles. The third-order valence-corrected chi connectivity index (χ3v) is 8.44. The highest BCUT2D eigenvalue weighted by Gasteiger charge is 2.29. The molecule has 1 aromatic carbocycles. The molecular formula is C24H27ClN8O3S. The molecule has 0 radical (unpaired) electrons. The van der Waals surface area contributed by atoms with E-state index in [4.69, 9.17) is 16.3 Å². The van der Waals surface area contributed by atoms with Crippen LogP contribution in [0.3, 0.4) is 0 Å². The normalized spacial score (nSPS) is 14.9. The Morgan fingerprint density at radius 3 is 2.57 bits per heavy atom. The monoisotopic (exact) mass is 542 g/mol.